The van der Waals surface area contributed by atoms with Crippen LogP contribution in [0.2, 0.25) is 0 Å². The fourth-order valence-corrected chi connectivity index (χ4v) is 4.57. The molecule has 3 N–H and O–H groups in total. The van der Waals surface area contributed by atoms with Gasteiger partial charge in [0.2, 0.25) is 5.91 Å². The highest BCUT2D eigenvalue weighted by Gasteiger charge is 2.21. The summed E-state index contributed by atoms with van der Waals surface area (Å²) in [6.07, 6.45) is 12.3. The maximum absolute atomic E-state index is 12.1. The van der Waals surface area contributed by atoms with Crippen LogP contribution in [0.4, 0.5) is 0 Å². The van der Waals surface area contributed by atoms with Crippen molar-refractivity contribution in [2.75, 3.05) is 6.54 Å². The number of benzene rings is 1. The van der Waals surface area contributed by atoms with Gasteiger partial charge in [0.25, 0.3) is 0 Å². The molecule has 0 bridgehead atoms. The van der Waals surface area contributed by atoms with Crippen molar-refractivity contribution in [3.05, 3.63) is 48.0 Å². The van der Waals surface area contributed by atoms with Gasteiger partial charge in [0.15, 0.2) is 0 Å². The van der Waals surface area contributed by atoms with E-state index >= 15 is 0 Å². The number of rotatable bonds is 14. The first kappa shape index (κ1) is 25.2. The summed E-state index contributed by atoms with van der Waals surface area (Å²) in [4.78, 5) is 12.1. The van der Waals surface area contributed by atoms with Crippen LogP contribution in [0.3, 0.4) is 0 Å². The minimum atomic E-state index is 0.201. The van der Waals surface area contributed by atoms with Crippen LogP contribution in [-0.4, -0.2) is 34.3 Å². The minimum Gasteiger partial charge on any atom is -0.352 e. The number of carbonyl (C=O) groups is 1. The highest BCUT2D eigenvalue weighted by atomic mass is 16.1. The largest absolute Gasteiger partial charge is 0.352 e. The van der Waals surface area contributed by atoms with Gasteiger partial charge in [0.05, 0.1) is 5.69 Å². The molecule has 2 heterocycles. The molecule has 1 saturated heterocycles. The fourth-order valence-electron chi connectivity index (χ4n) is 4.57. The zero-order valence-corrected chi connectivity index (χ0v) is 20.2. The topological polar surface area (TPSA) is 82.8 Å². The summed E-state index contributed by atoms with van der Waals surface area (Å²) in [5.41, 5.74) is 2.47. The van der Waals surface area contributed by atoms with Gasteiger partial charge in [-0.2, -0.15) is 5.10 Å². The van der Waals surface area contributed by atoms with E-state index in [1.165, 1.54) is 44.9 Å². The lowest BCUT2D eigenvalue weighted by molar-refractivity contribution is -0.122. The Labute approximate surface area is 198 Å². The second-order valence-corrected chi connectivity index (χ2v) is 9.33. The maximum atomic E-state index is 12.1. The molecule has 33 heavy (non-hydrogen) atoms. The van der Waals surface area contributed by atoms with E-state index in [4.69, 9.17) is 5.41 Å². The van der Waals surface area contributed by atoms with Gasteiger partial charge in [-0.15, -0.1) is 0 Å². The molecule has 0 aliphatic carbocycles. The molecule has 2 aromatic rings. The molecule has 1 aliphatic heterocycles. The molecule has 1 aliphatic rings. The number of aromatic nitrogens is 2. The highest BCUT2D eigenvalue weighted by molar-refractivity contribution is 5.76. The van der Waals surface area contributed by atoms with Crippen molar-refractivity contribution in [2.24, 2.45) is 0 Å². The number of unbranched alkanes of at least 4 members (excludes halogenated alkanes) is 7. The van der Waals surface area contributed by atoms with Crippen LogP contribution in [0.1, 0.15) is 77.6 Å². The second-order valence-electron chi connectivity index (χ2n) is 9.33. The summed E-state index contributed by atoms with van der Waals surface area (Å²) in [5.74, 6) is 0.201. The molecule has 2 unspecified atom stereocenters. The molecule has 6 heteroatoms. The van der Waals surface area contributed by atoms with Crippen molar-refractivity contribution in [3.63, 3.8) is 0 Å². The lowest BCUT2D eigenvalue weighted by Gasteiger charge is -2.20. The average molecular weight is 452 g/mol. The summed E-state index contributed by atoms with van der Waals surface area (Å²) in [5, 5.41) is 19.4. The van der Waals surface area contributed by atoms with Crippen molar-refractivity contribution in [1.29, 1.82) is 5.41 Å². The number of hydrogen-bond donors (Lipinski definition) is 3. The Balaban J connectivity index is 1.21. The predicted molar refractivity (Wildman–Crippen MR) is 134 cm³/mol. The van der Waals surface area contributed by atoms with Gasteiger partial charge in [-0.1, -0.05) is 68.9 Å². The van der Waals surface area contributed by atoms with Crippen molar-refractivity contribution in [3.8, 4) is 11.3 Å². The monoisotopic (exact) mass is 451 g/mol. The van der Waals surface area contributed by atoms with E-state index in [-0.39, 0.29) is 11.9 Å². The van der Waals surface area contributed by atoms with Crippen molar-refractivity contribution in [1.82, 2.24) is 20.4 Å². The Hall–Kier alpha value is -2.47. The molecule has 0 saturated carbocycles. The Morgan fingerprint density at radius 3 is 2.45 bits per heavy atom. The Morgan fingerprint density at radius 2 is 1.76 bits per heavy atom. The van der Waals surface area contributed by atoms with Gasteiger partial charge >= 0.3 is 0 Å². The summed E-state index contributed by atoms with van der Waals surface area (Å²) in [6.45, 7) is 3.98. The average Bonchev–Trinajstić information content (AvgIpc) is 3.37. The first-order chi connectivity index (χ1) is 16.1. The molecule has 2 atom stereocenters. The van der Waals surface area contributed by atoms with Gasteiger partial charge in [-0.3, -0.25) is 10.2 Å². The summed E-state index contributed by atoms with van der Waals surface area (Å²) >= 11 is 0. The Kier molecular flexibility index (Phi) is 10.6. The van der Waals surface area contributed by atoms with E-state index < -0.39 is 0 Å². The molecule has 1 aromatic carbocycles. The molecule has 1 aromatic heterocycles. The van der Waals surface area contributed by atoms with Gasteiger partial charge < -0.3 is 10.6 Å². The molecule has 1 amide bonds. The standard InChI is InChI=1S/C27H41N5O/c1-22(24-16-13-20-29-24)30-27(33)17-11-6-4-2-3-5-7-12-21-32-26(28)19-18-25(31-32)23-14-9-8-10-15-23/h8-10,14-15,18-19,22,24,28-29H,2-7,11-13,16-17,20-21H2,1H3,(H,30,33). The molecule has 0 radical (unpaired) electrons. The second kappa shape index (κ2) is 13.9. The third-order valence-electron chi connectivity index (χ3n) is 6.59. The summed E-state index contributed by atoms with van der Waals surface area (Å²) < 4.78 is 1.82. The maximum Gasteiger partial charge on any atom is 0.220 e. The smallest absolute Gasteiger partial charge is 0.220 e. The number of hydrogen-bond acceptors (Lipinski definition) is 4. The van der Waals surface area contributed by atoms with Gasteiger partial charge in [-0.25, -0.2) is 4.68 Å². The van der Waals surface area contributed by atoms with Crippen LogP contribution in [0.25, 0.3) is 11.3 Å². The number of nitrogens with one attached hydrogen (secondary N) is 3. The molecule has 180 valence electrons. The first-order valence-electron chi connectivity index (χ1n) is 12.8. The predicted octanol–water partition coefficient (Wildman–Crippen LogP) is 4.80. The van der Waals surface area contributed by atoms with Crippen LogP contribution < -0.4 is 16.1 Å². The third-order valence-corrected chi connectivity index (χ3v) is 6.59. The van der Waals surface area contributed by atoms with E-state index in [1.807, 2.05) is 35.0 Å². The van der Waals surface area contributed by atoms with E-state index in [0.717, 1.165) is 43.6 Å². The zero-order valence-electron chi connectivity index (χ0n) is 20.2. The molecule has 1 fully saturated rings. The normalized spacial score (nSPS) is 16.6. The molecule has 0 spiro atoms. The van der Waals surface area contributed by atoms with Crippen LogP contribution in [0, 0.1) is 5.41 Å². The van der Waals surface area contributed by atoms with Gasteiger partial charge in [0, 0.05) is 30.6 Å². The highest BCUT2D eigenvalue weighted by Crippen LogP contribution is 2.15. The van der Waals surface area contributed by atoms with Gasteiger partial charge in [-0.05, 0) is 51.3 Å². The lowest BCUT2D eigenvalue weighted by Crippen LogP contribution is -2.45. The number of nitrogens with zero attached hydrogens (tertiary/aromatic N) is 2. The van der Waals surface area contributed by atoms with E-state index in [1.54, 1.807) is 0 Å². The summed E-state index contributed by atoms with van der Waals surface area (Å²) in [6, 6.07) is 14.6. The molecular formula is C27H41N5O. The van der Waals surface area contributed by atoms with E-state index in [0.29, 0.717) is 18.0 Å². The van der Waals surface area contributed by atoms with Crippen molar-refractivity contribution in [2.45, 2.75) is 96.2 Å². The minimum absolute atomic E-state index is 0.201. The van der Waals surface area contributed by atoms with Crippen LogP contribution in [-0.2, 0) is 11.3 Å². The van der Waals surface area contributed by atoms with Crippen molar-refractivity contribution < 1.29 is 4.79 Å². The van der Waals surface area contributed by atoms with Gasteiger partial charge in [0.1, 0.15) is 5.49 Å². The van der Waals surface area contributed by atoms with Crippen LogP contribution in [0.15, 0.2) is 42.5 Å². The van der Waals surface area contributed by atoms with E-state index in [9.17, 15) is 4.79 Å². The Bertz CT molecular complexity index is 889. The fraction of sp³-hybridized carbons (Fsp3) is 0.593. The number of amides is 1. The van der Waals surface area contributed by atoms with Crippen LogP contribution >= 0.6 is 0 Å². The molecule has 6 nitrogen and oxygen atoms in total. The van der Waals surface area contributed by atoms with Crippen molar-refractivity contribution >= 4 is 5.91 Å². The Morgan fingerprint density at radius 1 is 1.06 bits per heavy atom. The molecular weight excluding hydrogens is 410 g/mol. The van der Waals surface area contributed by atoms with Crippen LogP contribution in [0.5, 0.6) is 0 Å². The zero-order chi connectivity index (χ0) is 23.3. The third kappa shape index (κ3) is 8.77. The number of carbonyl (C=O) groups excluding carboxylic acids is 1. The number of aryl methyl sites for hydroxylation is 1. The lowest BCUT2D eigenvalue weighted by atomic mass is 10.1. The summed E-state index contributed by atoms with van der Waals surface area (Å²) in [7, 11) is 0. The van der Waals surface area contributed by atoms with E-state index in [2.05, 4.69) is 34.8 Å². The SMILES string of the molecule is CC(NC(=O)CCCCCCCCCCn1nc(-c2ccccc2)ccc1=N)C1CCCN1. The first-order valence-corrected chi connectivity index (χ1v) is 12.8. The quantitative estimate of drug-likeness (QED) is 0.361. The molecule has 3 rings (SSSR count).